The highest BCUT2D eigenvalue weighted by Crippen LogP contribution is 2.27. The van der Waals surface area contributed by atoms with Crippen LogP contribution >= 0.6 is 0 Å². The smallest absolute Gasteiger partial charge is 0.416 e. The van der Waals surface area contributed by atoms with Crippen LogP contribution in [0.25, 0.3) is 0 Å². The maximum atomic E-state index is 11.7. The summed E-state index contributed by atoms with van der Waals surface area (Å²) in [7, 11) is 0. The molecule has 7 heteroatoms. The van der Waals surface area contributed by atoms with Crippen molar-refractivity contribution in [3.63, 3.8) is 0 Å². The first-order valence-electron chi connectivity index (χ1n) is 2.63. The fraction of sp³-hybridized carbons (Fsp3) is 0.500. The van der Waals surface area contributed by atoms with E-state index in [1.54, 1.807) is 0 Å². The highest BCUT2D eigenvalue weighted by Gasteiger charge is 2.37. The summed E-state index contributed by atoms with van der Waals surface area (Å²) < 4.78 is 39.2. The second-order valence-electron chi connectivity index (χ2n) is 1.70. The molecule has 0 fully saturated rings. The van der Waals surface area contributed by atoms with Crippen LogP contribution in [-0.4, -0.2) is 10.2 Å². The maximum absolute atomic E-state index is 11.7. The van der Waals surface area contributed by atoms with Gasteiger partial charge >= 0.3 is 12.1 Å². The van der Waals surface area contributed by atoms with Gasteiger partial charge in [-0.3, -0.25) is 0 Å². The first-order chi connectivity index (χ1) is 5.04. The van der Waals surface area contributed by atoms with Crippen molar-refractivity contribution in [1.82, 2.24) is 10.2 Å². The fourth-order valence-electron chi connectivity index (χ4n) is 0.451. The third kappa shape index (κ3) is 1.67. The molecule has 4 nitrogen and oxygen atoms in total. The molecule has 0 aliphatic rings. The summed E-state index contributed by atoms with van der Waals surface area (Å²) in [4.78, 5) is 0. The molecule has 0 aliphatic carbocycles. The van der Waals surface area contributed by atoms with E-state index >= 15 is 0 Å². The molecule has 1 aromatic heterocycles. The first kappa shape index (κ1) is 7.99. The van der Waals surface area contributed by atoms with E-state index in [1.807, 2.05) is 0 Å². The van der Waals surface area contributed by atoms with Crippen LogP contribution in [0.5, 0.6) is 0 Å². The largest absolute Gasteiger partial charge is 0.470 e. The van der Waals surface area contributed by atoms with Gasteiger partial charge in [0, 0.05) is 0 Å². The number of hydrogen-bond acceptors (Lipinski definition) is 4. The van der Waals surface area contributed by atoms with Crippen LogP contribution in [0.3, 0.4) is 0 Å². The molecule has 2 N–H and O–H groups in total. The lowest BCUT2D eigenvalue weighted by molar-refractivity contribution is -0.157. The molecular formula is C4H4F3N3O. The first-order valence-corrected chi connectivity index (χ1v) is 2.63. The average molecular weight is 167 g/mol. The van der Waals surface area contributed by atoms with Crippen molar-refractivity contribution in [3.05, 3.63) is 11.8 Å². The number of rotatable bonds is 1. The minimum Gasteiger partial charge on any atom is -0.416 e. The second-order valence-corrected chi connectivity index (χ2v) is 1.70. The molecule has 0 spiro atoms. The van der Waals surface area contributed by atoms with Crippen LogP contribution in [0.2, 0.25) is 0 Å². The summed E-state index contributed by atoms with van der Waals surface area (Å²) in [6.45, 7) is -0.191. The van der Waals surface area contributed by atoms with Crippen LogP contribution in [0.4, 0.5) is 13.2 Å². The lowest BCUT2D eigenvalue weighted by Gasteiger charge is -1.96. The molecule has 0 aliphatic heterocycles. The Morgan fingerprint density at radius 3 is 2.27 bits per heavy atom. The minimum absolute atomic E-state index is 0.191. The summed E-state index contributed by atoms with van der Waals surface area (Å²) in [6.07, 6.45) is -4.58. The predicted molar refractivity (Wildman–Crippen MR) is 27.2 cm³/mol. The van der Waals surface area contributed by atoms with E-state index in [-0.39, 0.29) is 12.4 Å². The van der Waals surface area contributed by atoms with Crippen LogP contribution in [-0.2, 0) is 12.7 Å². The van der Waals surface area contributed by atoms with E-state index in [4.69, 9.17) is 5.73 Å². The predicted octanol–water partition coefficient (Wildman–Crippen LogP) is 0.547. The van der Waals surface area contributed by atoms with E-state index in [0.29, 0.717) is 0 Å². The highest BCUT2D eigenvalue weighted by molar-refractivity contribution is 4.85. The number of alkyl halides is 3. The molecule has 0 atom stereocenters. The molecule has 0 bridgehead atoms. The van der Waals surface area contributed by atoms with Gasteiger partial charge in [0.05, 0.1) is 6.54 Å². The molecule has 0 unspecified atom stereocenters. The molecule has 62 valence electrons. The van der Waals surface area contributed by atoms with E-state index < -0.39 is 12.1 Å². The Labute approximate surface area is 59.2 Å². The minimum atomic E-state index is -4.58. The number of aromatic nitrogens is 2. The van der Waals surface area contributed by atoms with Crippen LogP contribution in [0, 0.1) is 0 Å². The standard InChI is InChI=1S/C4H4F3N3O/c5-4(6,7)3-10-9-2(1-8)11-3/h1,8H2. The summed E-state index contributed by atoms with van der Waals surface area (Å²) in [6, 6.07) is 0. The topological polar surface area (TPSA) is 64.9 Å². The summed E-state index contributed by atoms with van der Waals surface area (Å²) in [5.41, 5.74) is 4.94. The Bertz CT molecular complexity index is 243. The van der Waals surface area contributed by atoms with Crippen LogP contribution in [0.15, 0.2) is 4.42 Å². The van der Waals surface area contributed by atoms with Gasteiger partial charge in [0.25, 0.3) is 0 Å². The zero-order chi connectivity index (χ0) is 8.48. The number of hydrogen-bond donors (Lipinski definition) is 1. The molecule has 1 heterocycles. The SMILES string of the molecule is NCc1nnc(C(F)(F)F)o1. The Morgan fingerprint density at radius 2 is 2.00 bits per heavy atom. The van der Waals surface area contributed by atoms with Crippen molar-refractivity contribution < 1.29 is 17.6 Å². The molecule has 0 aromatic carbocycles. The van der Waals surface area contributed by atoms with Crippen LogP contribution < -0.4 is 5.73 Å². The molecule has 1 aromatic rings. The van der Waals surface area contributed by atoms with Gasteiger partial charge in [0.1, 0.15) is 0 Å². The van der Waals surface area contributed by atoms with Crippen LogP contribution in [0.1, 0.15) is 11.8 Å². The van der Waals surface area contributed by atoms with Gasteiger partial charge < -0.3 is 10.2 Å². The second kappa shape index (κ2) is 2.50. The van der Waals surface area contributed by atoms with Crippen molar-refractivity contribution >= 4 is 0 Å². The Kier molecular flexibility index (Phi) is 1.81. The monoisotopic (exact) mass is 167 g/mol. The van der Waals surface area contributed by atoms with Crippen molar-refractivity contribution in [2.75, 3.05) is 0 Å². The number of nitrogens with zero attached hydrogens (tertiary/aromatic N) is 2. The Morgan fingerprint density at radius 1 is 1.36 bits per heavy atom. The summed E-state index contributed by atoms with van der Waals surface area (Å²) >= 11 is 0. The maximum Gasteiger partial charge on any atom is 0.470 e. The molecule has 0 radical (unpaired) electrons. The number of nitrogens with two attached hydrogens (primary N) is 1. The van der Waals surface area contributed by atoms with Crippen molar-refractivity contribution in [2.45, 2.75) is 12.7 Å². The van der Waals surface area contributed by atoms with Gasteiger partial charge in [-0.1, -0.05) is 0 Å². The molecule has 11 heavy (non-hydrogen) atoms. The fourth-order valence-corrected chi connectivity index (χ4v) is 0.451. The van der Waals surface area contributed by atoms with Crippen molar-refractivity contribution in [2.24, 2.45) is 5.73 Å². The van der Waals surface area contributed by atoms with E-state index in [1.165, 1.54) is 0 Å². The van der Waals surface area contributed by atoms with E-state index in [0.717, 1.165) is 0 Å². The van der Waals surface area contributed by atoms with Gasteiger partial charge in [-0.25, -0.2) is 0 Å². The molecule has 1 rings (SSSR count). The summed E-state index contributed by atoms with van der Waals surface area (Å²) in [5, 5.41) is 5.78. The lowest BCUT2D eigenvalue weighted by Crippen LogP contribution is -2.04. The zero-order valence-electron chi connectivity index (χ0n) is 5.22. The van der Waals surface area contributed by atoms with Gasteiger partial charge in [-0.2, -0.15) is 13.2 Å². The van der Waals surface area contributed by atoms with Gasteiger partial charge in [0.15, 0.2) is 0 Å². The number of halogens is 3. The lowest BCUT2D eigenvalue weighted by atomic mass is 10.6. The summed E-state index contributed by atoms with van der Waals surface area (Å²) in [5.74, 6) is -1.59. The zero-order valence-corrected chi connectivity index (χ0v) is 5.22. The normalized spacial score (nSPS) is 12.0. The van der Waals surface area contributed by atoms with E-state index in [2.05, 4.69) is 14.6 Å². The Balaban J connectivity index is 2.89. The van der Waals surface area contributed by atoms with Crippen molar-refractivity contribution in [3.8, 4) is 0 Å². The Hall–Kier alpha value is -1.11. The van der Waals surface area contributed by atoms with Gasteiger partial charge in [-0.05, 0) is 0 Å². The highest BCUT2D eigenvalue weighted by atomic mass is 19.4. The van der Waals surface area contributed by atoms with E-state index in [9.17, 15) is 13.2 Å². The molecule has 0 saturated heterocycles. The molecular weight excluding hydrogens is 163 g/mol. The molecule has 0 amide bonds. The quantitative estimate of drug-likeness (QED) is 0.663. The third-order valence-electron chi connectivity index (χ3n) is 0.884. The molecule has 0 saturated carbocycles. The van der Waals surface area contributed by atoms with Gasteiger partial charge in [-0.15, -0.1) is 10.2 Å². The van der Waals surface area contributed by atoms with Gasteiger partial charge in [0.2, 0.25) is 5.89 Å². The third-order valence-corrected chi connectivity index (χ3v) is 0.884. The van der Waals surface area contributed by atoms with Crippen molar-refractivity contribution in [1.29, 1.82) is 0 Å². The average Bonchev–Trinajstić information content (AvgIpc) is 2.32.